The smallest absolute Gasteiger partial charge is 0.231 e. The van der Waals surface area contributed by atoms with E-state index in [9.17, 15) is 9.59 Å². The van der Waals surface area contributed by atoms with Crippen LogP contribution in [-0.2, 0) is 0 Å². The summed E-state index contributed by atoms with van der Waals surface area (Å²) >= 11 is 5.91. The Morgan fingerprint density at radius 3 is 2.43 bits per heavy atom. The Bertz CT molecular complexity index is 1010. The minimum absolute atomic E-state index is 0.0499. The number of benzene rings is 2. The van der Waals surface area contributed by atoms with Crippen molar-refractivity contribution in [3.05, 3.63) is 63.9 Å². The number of carbonyl (C=O) groups excluding carboxylic acids is 2. The van der Waals surface area contributed by atoms with Crippen molar-refractivity contribution in [2.24, 2.45) is 0 Å². The van der Waals surface area contributed by atoms with E-state index < -0.39 is 0 Å². The van der Waals surface area contributed by atoms with Gasteiger partial charge in [0.2, 0.25) is 5.78 Å². The van der Waals surface area contributed by atoms with Crippen molar-refractivity contribution in [1.82, 2.24) is 0 Å². The number of carbonyl (C=O) groups is 2. The molecule has 2 aromatic carbocycles. The van der Waals surface area contributed by atoms with Crippen molar-refractivity contribution in [3.8, 4) is 11.5 Å². The van der Waals surface area contributed by atoms with Gasteiger partial charge in [-0.1, -0.05) is 30.2 Å². The molecule has 0 radical (unpaired) electrons. The van der Waals surface area contributed by atoms with E-state index in [4.69, 9.17) is 21.1 Å². The first kappa shape index (κ1) is 17.5. The van der Waals surface area contributed by atoms with Gasteiger partial charge in [0.25, 0.3) is 0 Å². The molecule has 0 bridgehead atoms. The molecule has 2 heterocycles. The van der Waals surface area contributed by atoms with Gasteiger partial charge in [0.15, 0.2) is 11.5 Å². The van der Waals surface area contributed by atoms with Crippen LogP contribution in [0.25, 0.3) is 6.08 Å². The van der Waals surface area contributed by atoms with Crippen molar-refractivity contribution < 1.29 is 19.1 Å². The highest BCUT2D eigenvalue weighted by atomic mass is 35.5. The Morgan fingerprint density at radius 1 is 0.929 bits per heavy atom. The number of halogens is 1. The largest absolute Gasteiger partial charge is 0.486 e. The standard InChI is InChI=1S/C23H19ClO4/c24-15-6-4-14(5-7-15)10-21-22(26)17-11-16-18(25)13-23(8-2-1-3-9-23)28-20(16)12-19(17)27-21/h4-7,10-12H,1-3,8-9,13H2/b21-10-. The van der Waals surface area contributed by atoms with Gasteiger partial charge in [-0.15, -0.1) is 0 Å². The van der Waals surface area contributed by atoms with Crippen LogP contribution in [0, 0.1) is 0 Å². The van der Waals surface area contributed by atoms with Gasteiger partial charge < -0.3 is 9.47 Å². The maximum Gasteiger partial charge on any atom is 0.231 e. The first-order chi connectivity index (χ1) is 13.5. The van der Waals surface area contributed by atoms with Crippen molar-refractivity contribution in [3.63, 3.8) is 0 Å². The lowest BCUT2D eigenvalue weighted by Crippen LogP contribution is -2.43. The van der Waals surface area contributed by atoms with Crippen LogP contribution in [0.2, 0.25) is 5.02 Å². The van der Waals surface area contributed by atoms with E-state index in [2.05, 4.69) is 0 Å². The quantitative estimate of drug-likeness (QED) is 0.588. The van der Waals surface area contributed by atoms with Crippen LogP contribution in [-0.4, -0.2) is 17.2 Å². The minimum atomic E-state index is -0.388. The first-order valence-electron chi connectivity index (χ1n) is 9.63. The molecule has 5 rings (SSSR count). The molecule has 1 spiro atoms. The molecule has 0 unspecified atom stereocenters. The Morgan fingerprint density at radius 2 is 1.68 bits per heavy atom. The van der Waals surface area contributed by atoms with Crippen molar-refractivity contribution in [1.29, 1.82) is 0 Å². The lowest BCUT2D eigenvalue weighted by molar-refractivity contribution is 0.0135. The zero-order chi connectivity index (χ0) is 19.3. The molecule has 0 atom stereocenters. The van der Waals surface area contributed by atoms with E-state index in [-0.39, 0.29) is 22.9 Å². The summed E-state index contributed by atoms with van der Waals surface area (Å²) < 4.78 is 12.1. The highest BCUT2D eigenvalue weighted by molar-refractivity contribution is 6.30. The first-order valence-corrected chi connectivity index (χ1v) is 10.0. The summed E-state index contributed by atoms with van der Waals surface area (Å²) in [5.41, 5.74) is 1.33. The van der Waals surface area contributed by atoms with Crippen molar-refractivity contribution in [2.45, 2.75) is 44.1 Å². The second-order valence-corrected chi connectivity index (χ2v) is 8.22. The SMILES string of the molecule is O=C1CC2(CCCCC2)Oc2cc3c(cc21)C(=O)/C(=C/c1ccc(Cl)cc1)O3. The number of Topliss-reactive ketones (excluding diaryl/α,β-unsaturated/α-hetero) is 2. The summed E-state index contributed by atoms with van der Waals surface area (Å²) in [5.74, 6) is 1.05. The summed E-state index contributed by atoms with van der Waals surface area (Å²) in [4.78, 5) is 25.6. The third kappa shape index (κ3) is 2.92. The van der Waals surface area contributed by atoms with E-state index in [1.54, 1.807) is 30.3 Å². The number of rotatable bonds is 1. The number of ether oxygens (including phenoxy) is 2. The van der Waals surface area contributed by atoms with Gasteiger partial charge in [0.1, 0.15) is 17.1 Å². The van der Waals surface area contributed by atoms with Gasteiger partial charge in [0.05, 0.1) is 17.5 Å². The molecule has 5 heteroatoms. The van der Waals surface area contributed by atoms with E-state index in [0.717, 1.165) is 31.2 Å². The normalized spacial score (nSPS) is 21.2. The second kappa shape index (κ2) is 6.49. The number of ketones is 2. The molecule has 2 aromatic rings. The maximum atomic E-state index is 12.8. The van der Waals surface area contributed by atoms with Gasteiger partial charge in [-0.25, -0.2) is 0 Å². The average Bonchev–Trinajstić information content (AvgIpc) is 2.98. The Hall–Kier alpha value is -2.59. The van der Waals surface area contributed by atoms with Crippen LogP contribution in [0.15, 0.2) is 42.2 Å². The predicted molar refractivity (Wildman–Crippen MR) is 106 cm³/mol. The maximum absolute atomic E-state index is 12.8. The number of fused-ring (bicyclic) bond motifs is 2. The summed E-state index contributed by atoms with van der Waals surface area (Å²) in [5, 5.41) is 0.629. The zero-order valence-corrected chi connectivity index (χ0v) is 16.1. The van der Waals surface area contributed by atoms with Crippen LogP contribution in [0.4, 0.5) is 0 Å². The van der Waals surface area contributed by atoms with Gasteiger partial charge in [0, 0.05) is 11.1 Å². The van der Waals surface area contributed by atoms with Crippen LogP contribution >= 0.6 is 11.6 Å². The molecular formula is C23H19ClO4. The molecule has 142 valence electrons. The highest BCUT2D eigenvalue weighted by Crippen LogP contribution is 2.45. The van der Waals surface area contributed by atoms with Crippen LogP contribution in [0.3, 0.4) is 0 Å². The third-order valence-corrected chi connectivity index (χ3v) is 6.06. The number of hydrogen-bond acceptors (Lipinski definition) is 4. The Labute approximate surface area is 168 Å². The molecule has 0 amide bonds. The molecule has 1 saturated carbocycles. The Balaban J connectivity index is 1.49. The fraction of sp³-hybridized carbons (Fsp3) is 0.304. The van der Waals surface area contributed by atoms with Gasteiger partial charge in [-0.3, -0.25) is 9.59 Å². The zero-order valence-electron chi connectivity index (χ0n) is 15.3. The molecular weight excluding hydrogens is 376 g/mol. The number of hydrogen-bond donors (Lipinski definition) is 0. The Kier molecular flexibility index (Phi) is 4.06. The van der Waals surface area contributed by atoms with E-state index in [0.29, 0.717) is 34.1 Å². The molecule has 28 heavy (non-hydrogen) atoms. The minimum Gasteiger partial charge on any atom is -0.486 e. The van der Waals surface area contributed by atoms with Crippen LogP contribution in [0.1, 0.15) is 64.8 Å². The van der Waals surface area contributed by atoms with Gasteiger partial charge in [-0.05, 0) is 55.5 Å². The van der Waals surface area contributed by atoms with E-state index in [1.807, 2.05) is 12.1 Å². The summed E-state index contributed by atoms with van der Waals surface area (Å²) in [6.45, 7) is 0. The third-order valence-electron chi connectivity index (χ3n) is 5.81. The summed E-state index contributed by atoms with van der Waals surface area (Å²) in [6, 6.07) is 10.5. The fourth-order valence-corrected chi connectivity index (χ4v) is 4.49. The molecule has 0 N–H and O–H groups in total. The average molecular weight is 395 g/mol. The second-order valence-electron chi connectivity index (χ2n) is 7.78. The molecule has 1 aliphatic carbocycles. The molecule has 0 aromatic heterocycles. The van der Waals surface area contributed by atoms with Crippen molar-refractivity contribution >= 4 is 29.2 Å². The lowest BCUT2D eigenvalue weighted by Gasteiger charge is -2.40. The summed E-state index contributed by atoms with van der Waals surface area (Å²) in [6.07, 6.45) is 7.22. The predicted octanol–water partition coefficient (Wildman–Crippen LogP) is 5.62. The van der Waals surface area contributed by atoms with Gasteiger partial charge in [-0.2, -0.15) is 0 Å². The van der Waals surface area contributed by atoms with Crippen LogP contribution in [0.5, 0.6) is 11.5 Å². The fourth-order valence-electron chi connectivity index (χ4n) is 4.36. The number of allylic oxidation sites excluding steroid dienone is 1. The molecule has 3 aliphatic rings. The lowest BCUT2D eigenvalue weighted by atomic mass is 9.78. The van der Waals surface area contributed by atoms with Gasteiger partial charge >= 0.3 is 0 Å². The highest BCUT2D eigenvalue weighted by Gasteiger charge is 2.43. The molecule has 1 fully saturated rings. The monoisotopic (exact) mass is 394 g/mol. The molecule has 2 aliphatic heterocycles. The topological polar surface area (TPSA) is 52.6 Å². The van der Waals surface area contributed by atoms with Crippen molar-refractivity contribution in [2.75, 3.05) is 0 Å². The van der Waals surface area contributed by atoms with E-state index >= 15 is 0 Å². The molecule has 4 nitrogen and oxygen atoms in total. The molecule has 0 saturated heterocycles. The van der Waals surface area contributed by atoms with E-state index in [1.165, 1.54) is 6.42 Å². The summed E-state index contributed by atoms with van der Waals surface area (Å²) in [7, 11) is 0. The van der Waals surface area contributed by atoms with Crippen LogP contribution < -0.4 is 9.47 Å².